The molecule has 0 aromatic heterocycles. The Kier molecular flexibility index (Phi) is 9.92. The van der Waals surface area contributed by atoms with E-state index in [-0.39, 0.29) is 29.7 Å². The van der Waals surface area contributed by atoms with Crippen LogP contribution in [0.5, 0.6) is 0 Å². The van der Waals surface area contributed by atoms with E-state index < -0.39 is 101 Å². The summed E-state index contributed by atoms with van der Waals surface area (Å²) in [4.78, 5) is 66.8. The molecule has 6 rings (SSSR count). The lowest BCUT2D eigenvalue weighted by molar-refractivity contribution is -0.346. The van der Waals surface area contributed by atoms with Gasteiger partial charge in [0.05, 0.1) is 35.6 Å². The zero-order valence-electron chi connectivity index (χ0n) is 30.1. The van der Waals surface area contributed by atoms with E-state index >= 15 is 0 Å². The molecule has 5 N–H and O–H groups in total. The highest BCUT2D eigenvalue weighted by atomic mass is 16.6. The Morgan fingerprint density at radius 1 is 1.00 bits per heavy atom. The van der Waals surface area contributed by atoms with Gasteiger partial charge in [0.25, 0.3) is 0 Å². The third-order valence-corrected chi connectivity index (χ3v) is 12.1. The van der Waals surface area contributed by atoms with E-state index in [0.717, 1.165) is 6.92 Å². The number of Topliss-reactive ketones (excluding diaryl/α,β-unsaturated/α-hetero) is 1. The second kappa shape index (κ2) is 13.7. The molecule has 2 saturated carbocycles. The van der Waals surface area contributed by atoms with Crippen LogP contribution in [0.3, 0.4) is 0 Å². The maximum atomic E-state index is 14.8. The number of hydrogen-bond donors (Lipinski definition) is 5. The number of carbonyl (C=O) groups is 5. The number of ether oxygens (including phenoxy) is 4. The molecule has 14 nitrogen and oxygen atoms in total. The third-order valence-electron chi connectivity index (χ3n) is 12.1. The summed E-state index contributed by atoms with van der Waals surface area (Å²) in [7, 11) is 0. The fraction of sp³-hybridized carbons (Fsp3) is 0.513. The summed E-state index contributed by atoms with van der Waals surface area (Å²) in [5, 5.41) is 50.8. The van der Waals surface area contributed by atoms with E-state index in [1.54, 1.807) is 62.4 Å². The van der Waals surface area contributed by atoms with Gasteiger partial charge < -0.3 is 44.7 Å². The van der Waals surface area contributed by atoms with Crippen LogP contribution in [0.4, 0.5) is 0 Å². The average molecular weight is 736 g/mol. The standard InChI is InChI=1S/C39H45NO13/c1-20-24(51-35(48)30(45)28(40-19-41)22-12-8-6-9-13-22)17-39(49)33(52-34(47)23-14-10-7-11-15-23)31-37(5,32(46)29(44)27(20)36(39,3)4)25(43)16-26-38(31,18-50-26)53-21(2)42/h6-15,19,24-26,28-31,33,43-45,49H,16-18H2,1-5H3,(H,40,41)/t24-,25-,26+,28-,29+,30+,31?,33-,37+,38-,39+/m0/s1. The lowest BCUT2D eigenvalue weighted by atomic mass is 9.44. The third kappa shape index (κ3) is 5.87. The zero-order chi connectivity index (χ0) is 38.7. The van der Waals surface area contributed by atoms with E-state index in [4.69, 9.17) is 18.9 Å². The molecule has 2 aromatic carbocycles. The molecular formula is C39H45NO13. The summed E-state index contributed by atoms with van der Waals surface area (Å²) in [6.45, 7) is 6.88. The monoisotopic (exact) mass is 735 g/mol. The fourth-order valence-electron chi connectivity index (χ4n) is 9.22. The molecule has 3 fully saturated rings. The minimum Gasteiger partial charge on any atom is -0.456 e. The molecular weight excluding hydrogens is 690 g/mol. The number of aliphatic hydroxyl groups excluding tert-OH is 3. The molecule has 1 heterocycles. The van der Waals surface area contributed by atoms with Crippen molar-refractivity contribution in [2.24, 2.45) is 16.7 Å². The maximum Gasteiger partial charge on any atom is 0.338 e. The largest absolute Gasteiger partial charge is 0.456 e. The van der Waals surface area contributed by atoms with Gasteiger partial charge in [-0.1, -0.05) is 62.4 Å². The van der Waals surface area contributed by atoms with Crippen LogP contribution in [0.25, 0.3) is 0 Å². The first-order valence-electron chi connectivity index (χ1n) is 17.5. The molecule has 11 atom stereocenters. The van der Waals surface area contributed by atoms with Gasteiger partial charge in [0.2, 0.25) is 6.41 Å². The first-order chi connectivity index (χ1) is 25.0. The Hall–Kier alpha value is -4.47. The summed E-state index contributed by atoms with van der Waals surface area (Å²) in [5.74, 6) is -5.27. The van der Waals surface area contributed by atoms with Crippen LogP contribution in [0.1, 0.15) is 69.4 Å². The molecule has 284 valence electrons. The van der Waals surface area contributed by atoms with Gasteiger partial charge in [0, 0.05) is 25.2 Å². The Labute approximate surface area is 306 Å². The minimum atomic E-state index is -2.32. The fourth-order valence-corrected chi connectivity index (χ4v) is 9.22. The smallest absolute Gasteiger partial charge is 0.338 e. The van der Waals surface area contributed by atoms with Crippen molar-refractivity contribution in [2.75, 3.05) is 6.61 Å². The van der Waals surface area contributed by atoms with Gasteiger partial charge in [-0.05, 0) is 42.7 Å². The summed E-state index contributed by atoms with van der Waals surface area (Å²) in [6, 6.07) is 14.8. The van der Waals surface area contributed by atoms with Crippen molar-refractivity contribution in [1.29, 1.82) is 0 Å². The molecule has 0 radical (unpaired) electrons. The van der Waals surface area contributed by atoms with Crippen molar-refractivity contribution in [2.45, 2.75) is 101 Å². The van der Waals surface area contributed by atoms with E-state index in [9.17, 15) is 44.4 Å². The predicted octanol–water partition coefficient (Wildman–Crippen LogP) is 1.48. The number of amides is 1. The minimum absolute atomic E-state index is 0.0460. The van der Waals surface area contributed by atoms with E-state index in [1.807, 2.05) is 0 Å². The van der Waals surface area contributed by atoms with Gasteiger partial charge in [-0.25, -0.2) is 9.59 Å². The lowest BCUT2D eigenvalue weighted by Crippen LogP contribution is -2.81. The number of benzene rings is 2. The van der Waals surface area contributed by atoms with Gasteiger partial charge in [-0.15, -0.1) is 0 Å². The van der Waals surface area contributed by atoms with Crippen molar-refractivity contribution in [3.05, 3.63) is 82.9 Å². The van der Waals surface area contributed by atoms with Gasteiger partial charge in [-0.2, -0.15) is 0 Å². The number of esters is 3. The van der Waals surface area contributed by atoms with Crippen LogP contribution in [0.15, 0.2) is 71.8 Å². The molecule has 2 aromatic rings. The second-order valence-electron chi connectivity index (χ2n) is 15.2. The predicted molar refractivity (Wildman–Crippen MR) is 183 cm³/mol. The first kappa shape index (κ1) is 38.3. The molecule has 3 aliphatic carbocycles. The molecule has 0 spiro atoms. The van der Waals surface area contributed by atoms with Crippen LogP contribution < -0.4 is 5.32 Å². The van der Waals surface area contributed by atoms with Crippen LogP contribution in [0.2, 0.25) is 0 Å². The molecule has 1 aliphatic heterocycles. The van der Waals surface area contributed by atoms with Crippen molar-refractivity contribution in [3.8, 4) is 0 Å². The summed E-state index contributed by atoms with van der Waals surface area (Å²) in [6.07, 6.45) is -9.96. The molecule has 2 bridgehead atoms. The normalized spacial score (nSPS) is 35.5. The first-order valence-corrected chi connectivity index (χ1v) is 17.5. The van der Waals surface area contributed by atoms with Crippen LogP contribution in [-0.2, 0) is 38.1 Å². The van der Waals surface area contributed by atoms with E-state index in [1.165, 1.54) is 26.0 Å². The number of aliphatic hydroxyl groups is 4. The van der Waals surface area contributed by atoms with Crippen molar-refractivity contribution in [3.63, 3.8) is 0 Å². The highest BCUT2D eigenvalue weighted by Gasteiger charge is 2.78. The van der Waals surface area contributed by atoms with Crippen molar-refractivity contribution in [1.82, 2.24) is 5.32 Å². The van der Waals surface area contributed by atoms with E-state index in [2.05, 4.69) is 5.32 Å². The number of fused-ring (bicyclic) bond motifs is 5. The number of carbonyl (C=O) groups excluding carboxylic acids is 5. The molecule has 53 heavy (non-hydrogen) atoms. The number of nitrogens with one attached hydrogen (secondary N) is 1. The maximum absolute atomic E-state index is 14.8. The van der Waals surface area contributed by atoms with Crippen molar-refractivity contribution >= 4 is 30.1 Å². The molecule has 1 amide bonds. The van der Waals surface area contributed by atoms with Crippen LogP contribution >= 0.6 is 0 Å². The highest BCUT2D eigenvalue weighted by molar-refractivity contribution is 5.94. The van der Waals surface area contributed by atoms with Gasteiger partial charge >= 0.3 is 17.9 Å². The molecule has 4 aliphatic rings. The van der Waals surface area contributed by atoms with Crippen LogP contribution in [-0.4, -0.2) is 105 Å². The van der Waals surface area contributed by atoms with Crippen molar-refractivity contribution < 1.29 is 63.3 Å². The Bertz CT molecular complexity index is 1810. The summed E-state index contributed by atoms with van der Waals surface area (Å²) < 4.78 is 23.9. The van der Waals surface area contributed by atoms with E-state index in [0.29, 0.717) is 12.0 Å². The second-order valence-corrected chi connectivity index (χ2v) is 15.2. The zero-order valence-corrected chi connectivity index (χ0v) is 30.1. The molecule has 14 heteroatoms. The molecule has 1 saturated heterocycles. The quantitative estimate of drug-likeness (QED) is 0.107. The number of ketones is 1. The average Bonchev–Trinajstić information content (AvgIpc) is 3.12. The van der Waals surface area contributed by atoms with Gasteiger partial charge in [0.1, 0.15) is 30.0 Å². The summed E-state index contributed by atoms with van der Waals surface area (Å²) >= 11 is 0. The van der Waals surface area contributed by atoms with Gasteiger partial charge in [0.15, 0.2) is 17.5 Å². The van der Waals surface area contributed by atoms with Crippen LogP contribution in [0, 0.1) is 16.7 Å². The number of hydrogen-bond acceptors (Lipinski definition) is 13. The lowest BCUT2D eigenvalue weighted by Gasteiger charge is -2.67. The highest BCUT2D eigenvalue weighted by Crippen LogP contribution is 2.64. The summed E-state index contributed by atoms with van der Waals surface area (Å²) in [5.41, 5.74) is -7.01. The topological polar surface area (TPSA) is 215 Å². The molecule has 1 unspecified atom stereocenters. The van der Waals surface area contributed by atoms with Gasteiger partial charge in [-0.3, -0.25) is 14.4 Å². The SMILES string of the molecule is CC(=O)O[C@@]12CO[C@@H]1C[C@H](O)[C@@]1(C)C(=O)[C@H](O)C3=C(C)[C@@H](OC(=O)[C@H](O)[C@@H](NC=O)c4ccccc4)C[C@@](O)([C@@H](OC(=O)c4ccccc4)C12)C3(C)C. The Morgan fingerprint density at radius 3 is 2.19 bits per heavy atom. The Morgan fingerprint density at radius 2 is 1.62 bits per heavy atom. The number of rotatable bonds is 9. The Balaban J connectivity index is 1.52.